The molecule has 0 aliphatic heterocycles. The first kappa shape index (κ1) is 12.2. The number of anilines is 1. The van der Waals surface area contributed by atoms with Gasteiger partial charge in [0.05, 0.1) is 12.0 Å². The van der Waals surface area contributed by atoms with Gasteiger partial charge >= 0.3 is 0 Å². The number of carbonyl (C=O) groups is 1. The Labute approximate surface area is 118 Å². The van der Waals surface area contributed by atoms with Crippen molar-refractivity contribution in [2.45, 2.75) is 44.6 Å². The minimum absolute atomic E-state index is 0.131. The van der Waals surface area contributed by atoms with Crippen LogP contribution >= 0.6 is 0 Å². The van der Waals surface area contributed by atoms with Crippen molar-refractivity contribution in [3.05, 3.63) is 12.0 Å². The number of rotatable bonds is 3. The summed E-state index contributed by atoms with van der Waals surface area (Å²) >= 11 is 0. The molecule has 1 aromatic rings. The third-order valence-electron chi connectivity index (χ3n) is 5.78. The second-order valence-corrected chi connectivity index (χ2v) is 7.07. The zero-order chi connectivity index (χ0) is 13.9. The van der Waals surface area contributed by atoms with E-state index in [2.05, 4.69) is 4.98 Å². The highest BCUT2D eigenvalue weighted by atomic mass is 16.1. The third kappa shape index (κ3) is 1.75. The molecule has 5 heteroatoms. The molecule has 1 heterocycles. The fourth-order valence-electron chi connectivity index (χ4n) is 5.33. The second-order valence-electron chi connectivity index (χ2n) is 7.07. The summed E-state index contributed by atoms with van der Waals surface area (Å²) in [6.45, 7) is 0.131. The normalized spacial score (nSPS) is 38.3. The fourth-order valence-corrected chi connectivity index (χ4v) is 5.33. The van der Waals surface area contributed by atoms with E-state index in [1.54, 1.807) is 10.9 Å². The SMILES string of the molecule is NC(=O)Cn1cnc(C2C3CC4CC(C3)CC2C4)c1N. The quantitative estimate of drug-likeness (QED) is 0.875. The molecule has 5 nitrogen and oxygen atoms in total. The van der Waals surface area contributed by atoms with Crippen LogP contribution in [0, 0.1) is 23.7 Å². The van der Waals surface area contributed by atoms with E-state index >= 15 is 0 Å². The number of imidazole rings is 1. The molecule has 0 atom stereocenters. The molecule has 4 fully saturated rings. The van der Waals surface area contributed by atoms with Crippen LogP contribution in [0.2, 0.25) is 0 Å². The van der Waals surface area contributed by atoms with E-state index in [0.717, 1.165) is 29.4 Å². The number of nitrogens with zero attached hydrogens (tertiary/aromatic N) is 2. The predicted molar refractivity (Wildman–Crippen MR) is 75.6 cm³/mol. The summed E-state index contributed by atoms with van der Waals surface area (Å²) in [5.41, 5.74) is 12.5. The van der Waals surface area contributed by atoms with Crippen LogP contribution in [0.25, 0.3) is 0 Å². The van der Waals surface area contributed by atoms with Crippen molar-refractivity contribution in [3.8, 4) is 0 Å². The van der Waals surface area contributed by atoms with E-state index in [9.17, 15) is 4.79 Å². The van der Waals surface area contributed by atoms with Gasteiger partial charge in [0.2, 0.25) is 5.91 Å². The van der Waals surface area contributed by atoms with Gasteiger partial charge in [-0.2, -0.15) is 0 Å². The van der Waals surface area contributed by atoms with Gasteiger partial charge in [-0.05, 0) is 55.8 Å². The van der Waals surface area contributed by atoms with E-state index in [1.807, 2.05) is 0 Å². The third-order valence-corrected chi connectivity index (χ3v) is 5.78. The van der Waals surface area contributed by atoms with Gasteiger partial charge < -0.3 is 16.0 Å². The molecule has 0 spiro atoms. The fraction of sp³-hybridized carbons (Fsp3) is 0.733. The van der Waals surface area contributed by atoms with Gasteiger partial charge in [0.1, 0.15) is 12.4 Å². The maximum atomic E-state index is 11.1. The van der Waals surface area contributed by atoms with Crippen molar-refractivity contribution in [2.24, 2.45) is 29.4 Å². The molecule has 5 rings (SSSR count). The molecule has 108 valence electrons. The summed E-state index contributed by atoms with van der Waals surface area (Å²) in [6.07, 6.45) is 8.52. The number of carbonyl (C=O) groups excluding carboxylic acids is 1. The Bertz CT molecular complexity index is 522. The molecular weight excluding hydrogens is 252 g/mol. The number of hydrogen-bond donors (Lipinski definition) is 2. The molecule has 4 N–H and O–H groups in total. The minimum Gasteiger partial charge on any atom is -0.384 e. The van der Waals surface area contributed by atoms with Gasteiger partial charge in [-0.3, -0.25) is 4.79 Å². The summed E-state index contributed by atoms with van der Waals surface area (Å²) in [6, 6.07) is 0. The monoisotopic (exact) mass is 274 g/mol. The number of amides is 1. The molecule has 0 aromatic carbocycles. The summed E-state index contributed by atoms with van der Waals surface area (Å²) in [5, 5.41) is 0. The highest BCUT2D eigenvalue weighted by molar-refractivity contribution is 5.74. The number of hydrogen-bond acceptors (Lipinski definition) is 3. The van der Waals surface area contributed by atoms with E-state index in [-0.39, 0.29) is 12.5 Å². The van der Waals surface area contributed by atoms with Crippen LogP contribution in [0.15, 0.2) is 6.33 Å². The van der Waals surface area contributed by atoms with Crippen LogP contribution in [0.3, 0.4) is 0 Å². The summed E-state index contributed by atoms with van der Waals surface area (Å²) < 4.78 is 1.70. The van der Waals surface area contributed by atoms with Crippen molar-refractivity contribution in [2.75, 3.05) is 5.73 Å². The van der Waals surface area contributed by atoms with Crippen LogP contribution in [0.5, 0.6) is 0 Å². The molecule has 4 bridgehead atoms. The molecule has 0 radical (unpaired) electrons. The highest BCUT2D eigenvalue weighted by Gasteiger charge is 2.49. The van der Waals surface area contributed by atoms with Gasteiger partial charge in [0, 0.05) is 5.92 Å². The van der Waals surface area contributed by atoms with Crippen LogP contribution in [0.1, 0.15) is 43.7 Å². The van der Waals surface area contributed by atoms with Gasteiger partial charge in [0.25, 0.3) is 0 Å². The van der Waals surface area contributed by atoms with Crippen LogP contribution < -0.4 is 11.5 Å². The van der Waals surface area contributed by atoms with Crippen molar-refractivity contribution >= 4 is 11.7 Å². The zero-order valence-electron chi connectivity index (χ0n) is 11.7. The first-order valence-electron chi connectivity index (χ1n) is 7.70. The number of aromatic nitrogens is 2. The minimum atomic E-state index is -0.370. The molecule has 20 heavy (non-hydrogen) atoms. The average molecular weight is 274 g/mol. The van der Waals surface area contributed by atoms with E-state index in [4.69, 9.17) is 11.5 Å². The predicted octanol–water partition coefficient (Wildman–Crippen LogP) is 1.49. The zero-order valence-corrected chi connectivity index (χ0v) is 11.7. The Balaban J connectivity index is 1.64. The standard InChI is InChI=1S/C15H22N4O/c16-12(20)6-19-7-18-14(15(19)17)13-10-2-8-1-9(4-10)5-11(13)3-8/h7-11,13H,1-6,17H2,(H2,16,20). The Hall–Kier alpha value is -1.52. The molecule has 1 aromatic heterocycles. The van der Waals surface area contributed by atoms with Crippen LogP contribution in [0.4, 0.5) is 5.82 Å². The Morgan fingerprint density at radius 2 is 1.80 bits per heavy atom. The molecule has 0 unspecified atom stereocenters. The first-order chi connectivity index (χ1) is 9.61. The van der Waals surface area contributed by atoms with Crippen molar-refractivity contribution in [1.29, 1.82) is 0 Å². The molecule has 4 aliphatic carbocycles. The van der Waals surface area contributed by atoms with E-state index in [1.165, 1.54) is 32.1 Å². The van der Waals surface area contributed by atoms with Gasteiger partial charge in [-0.15, -0.1) is 0 Å². The van der Waals surface area contributed by atoms with Crippen molar-refractivity contribution in [1.82, 2.24) is 9.55 Å². The topological polar surface area (TPSA) is 86.9 Å². The highest BCUT2D eigenvalue weighted by Crippen LogP contribution is 2.60. The first-order valence-corrected chi connectivity index (χ1v) is 7.70. The van der Waals surface area contributed by atoms with Gasteiger partial charge in [-0.1, -0.05) is 0 Å². The lowest BCUT2D eigenvalue weighted by molar-refractivity contribution is -0.118. The summed E-state index contributed by atoms with van der Waals surface area (Å²) in [5.74, 6) is 4.20. The van der Waals surface area contributed by atoms with Crippen molar-refractivity contribution in [3.63, 3.8) is 0 Å². The molecular formula is C15H22N4O. The van der Waals surface area contributed by atoms with Gasteiger partial charge in [-0.25, -0.2) is 4.98 Å². The van der Waals surface area contributed by atoms with Gasteiger partial charge in [0.15, 0.2) is 0 Å². The van der Waals surface area contributed by atoms with Crippen molar-refractivity contribution < 1.29 is 4.79 Å². The smallest absolute Gasteiger partial charge is 0.237 e. The lowest BCUT2D eigenvalue weighted by atomic mass is 9.51. The average Bonchev–Trinajstić information content (AvgIpc) is 2.70. The Morgan fingerprint density at radius 3 is 2.35 bits per heavy atom. The lowest BCUT2D eigenvalue weighted by Crippen LogP contribution is -2.44. The van der Waals surface area contributed by atoms with Crippen LogP contribution in [-0.2, 0) is 11.3 Å². The summed E-state index contributed by atoms with van der Waals surface area (Å²) in [7, 11) is 0. The molecule has 1 amide bonds. The lowest BCUT2D eigenvalue weighted by Gasteiger charge is -2.54. The Kier molecular flexibility index (Phi) is 2.59. The van der Waals surface area contributed by atoms with E-state index in [0.29, 0.717) is 11.7 Å². The second kappa shape index (κ2) is 4.24. The summed E-state index contributed by atoms with van der Waals surface area (Å²) in [4.78, 5) is 15.6. The molecule has 0 saturated heterocycles. The largest absolute Gasteiger partial charge is 0.384 e. The molecule has 4 aliphatic rings. The van der Waals surface area contributed by atoms with E-state index < -0.39 is 0 Å². The number of nitrogens with two attached hydrogens (primary N) is 2. The maximum Gasteiger partial charge on any atom is 0.237 e. The Morgan fingerprint density at radius 1 is 1.20 bits per heavy atom. The van der Waals surface area contributed by atoms with Crippen LogP contribution in [-0.4, -0.2) is 15.5 Å². The maximum absolute atomic E-state index is 11.1. The molecule has 4 saturated carbocycles. The number of primary amides is 1. The number of nitrogen functional groups attached to an aromatic ring is 1.